The molecule has 3 nitrogen and oxygen atoms in total. The lowest BCUT2D eigenvalue weighted by atomic mass is 9.91. The fraction of sp³-hybridized carbons (Fsp3) is 0.474. The van der Waals surface area contributed by atoms with Crippen molar-refractivity contribution in [2.24, 2.45) is 0 Å². The van der Waals surface area contributed by atoms with Crippen molar-refractivity contribution in [3.05, 3.63) is 47.9 Å². The Labute approximate surface area is 131 Å². The predicted molar refractivity (Wildman–Crippen MR) is 89.9 cm³/mol. The second-order valence-corrected chi connectivity index (χ2v) is 6.61. The predicted octanol–water partition coefficient (Wildman–Crippen LogP) is 4.39. The lowest BCUT2D eigenvalue weighted by Crippen LogP contribution is -2.27. The number of aromatic nitrogens is 1. The van der Waals surface area contributed by atoms with Gasteiger partial charge in [-0.15, -0.1) is 0 Å². The summed E-state index contributed by atoms with van der Waals surface area (Å²) < 4.78 is 5.79. The van der Waals surface area contributed by atoms with Crippen LogP contribution in [0.1, 0.15) is 55.8 Å². The minimum absolute atomic E-state index is 0.206. The molecule has 2 N–H and O–H groups in total. The molecule has 2 aromatic rings. The summed E-state index contributed by atoms with van der Waals surface area (Å²) in [6.07, 6.45) is 11.1. The lowest BCUT2D eigenvalue weighted by Gasteiger charge is -2.21. The Bertz CT molecular complexity index is 682. The lowest BCUT2D eigenvalue weighted by molar-refractivity contribution is 0.125. The average Bonchev–Trinajstić information content (AvgIpc) is 3.24. The van der Waals surface area contributed by atoms with E-state index in [0.29, 0.717) is 12.0 Å². The van der Waals surface area contributed by atoms with Crippen LogP contribution in [0.3, 0.4) is 0 Å². The Morgan fingerprint density at radius 1 is 1.27 bits per heavy atom. The van der Waals surface area contributed by atoms with Gasteiger partial charge in [-0.05, 0) is 67.5 Å². The molecule has 2 aliphatic rings. The highest BCUT2D eigenvalue weighted by atomic mass is 16.5. The van der Waals surface area contributed by atoms with E-state index in [2.05, 4.69) is 47.7 Å². The van der Waals surface area contributed by atoms with Crippen LogP contribution >= 0.6 is 0 Å². The molecule has 3 atom stereocenters. The number of fused-ring (bicyclic) bond motifs is 1. The second kappa shape index (κ2) is 5.81. The van der Waals surface area contributed by atoms with Crippen LogP contribution in [0.5, 0.6) is 0 Å². The molecule has 1 fully saturated rings. The first-order chi connectivity index (χ1) is 10.8. The van der Waals surface area contributed by atoms with Crippen molar-refractivity contribution in [1.82, 2.24) is 10.3 Å². The second-order valence-electron chi connectivity index (χ2n) is 6.61. The van der Waals surface area contributed by atoms with Crippen LogP contribution in [-0.2, 0) is 4.74 Å². The molecule has 22 heavy (non-hydrogen) atoms. The normalized spacial score (nSPS) is 26.2. The van der Waals surface area contributed by atoms with E-state index >= 15 is 0 Å². The molecule has 0 saturated carbocycles. The number of allylic oxidation sites excluding steroid dienone is 1. The van der Waals surface area contributed by atoms with Crippen LogP contribution in [0.25, 0.3) is 10.9 Å². The maximum absolute atomic E-state index is 5.79. The van der Waals surface area contributed by atoms with Crippen LogP contribution in [-0.4, -0.2) is 17.6 Å². The van der Waals surface area contributed by atoms with Gasteiger partial charge in [0.05, 0.1) is 6.26 Å². The standard InChI is InChI=1S/C19H24N2O/c1-13(17-5-4-9-20-17)16-12-21-18-8-7-14(11-15(16)18)19-6-2-3-10-22-19/h3,7-8,10-13,17,19-21H,2,4-6,9H2,1H3. The molecule has 3 unspecified atom stereocenters. The zero-order chi connectivity index (χ0) is 14.9. The average molecular weight is 296 g/mol. The number of rotatable bonds is 3. The van der Waals surface area contributed by atoms with Gasteiger partial charge in [0.15, 0.2) is 0 Å². The van der Waals surface area contributed by atoms with Gasteiger partial charge in [-0.3, -0.25) is 0 Å². The highest BCUT2D eigenvalue weighted by Crippen LogP contribution is 2.34. The van der Waals surface area contributed by atoms with Crippen molar-refractivity contribution in [2.75, 3.05) is 6.54 Å². The largest absolute Gasteiger partial charge is 0.494 e. The van der Waals surface area contributed by atoms with Gasteiger partial charge < -0.3 is 15.0 Å². The molecule has 0 spiro atoms. The Morgan fingerprint density at radius 3 is 3.00 bits per heavy atom. The number of nitrogens with one attached hydrogen (secondary N) is 2. The van der Waals surface area contributed by atoms with Crippen molar-refractivity contribution in [1.29, 1.82) is 0 Å². The molecule has 1 aromatic heterocycles. The summed E-state index contributed by atoms with van der Waals surface area (Å²) in [7, 11) is 0. The van der Waals surface area contributed by atoms with E-state index in [1.165, 1.54) is 34.9 Å². The summed E-state index contributed by atoms with van der Waals surface area (Å²) in [5.74, 6) is 0.540. The quantitative estimate of drug-likeness (QED) is 0.881. The molecule has 116 valence electrons. The molecule has 1 saturated heterocycles. The Balaban J connectivity index is 1.68. The third-order valence-electron chi connectivity index (χ3n) is 5.24. The number of benzene rings is 1. The van der Waals surface area contributed by atoms with E-state index in [-0.39, 0.29) is 6.10 Å². The highest BCUT2D eigenvalue weighted by molar-refractivity contribution is 5.84. The van der Waals surface area contributed by atoms with Gasteiger partial charge in [0.25, 0.3) is 0 Å². The van der Waals surface area contributed by atoms with Gasteiger partial charge in [0.2, 0.25) is 0 Å². The molecule has 3 heterocycles. The number of H-pyrrole nitrogens is 1. The first kappa shape index (κ1) is 13.9. The smallest absolute Gasteiger partial charge is 0.123 e. The first-order valence-electron chi connectivity index (χ1n) is 8.48. The minimum atomic E-state index is 0.206. The van der Waals surface area contributed by atoms with E-state index in [0.717, 1.165) is 19.4 Å². The maximum atomic E-state index is 5.79. The van der Waals surface area contributed by atoms with Crippen molar-refractivity contribution >= 4 is 10.9 Å². The molecular formula is C19H24N2O. The maximum Gasteiger partial charge on any atom is 0.123 e. The molecule has 4 rings (SSSR count). The van der Waals surface area contributed by atoms with Gasteiger partial charge in [-0.2, -0.15) is 0 Å². The molecule has 0 aliphatic carbocycles. The fourth-order valence-corrected chi connectivity index (χ4v) is 3.87. The third kappa shape index (κ3) is 2.44. The van der Waals surface area contributed by atoms with Gasteiger partial charge in [-0.25, -0.2) is 0 Å². The molecule has 2 aliphatic heterocycles. The van der Waals surface area contributed by atoms with E-state index in [4.69, 9.17) is 4.74 Å². The van der Waals surface area contributed by atoms with Crippen LogP contribution < -0.4 is 5.32 Å². The topological polar surface area (TPSA) is 37.0 Å². The Kier molecular flexibility index (Phi) is 3.67. The van der Waals surface area contributed by atoms with E-state index < -0.39 is 0 Å². The molecule has 1 aromatic carbocycles. The van der Waals surface area contributed by atoms with Gasteiger partial charge in [0, 0.05) is 23.1 Å². The number of ether oxygens (including phenoxy) is 1. The summed E-state index contributed by atoms with van der Waals surface area (Å²) in [5, 5.41) is 5.00. The Morgan fingerprint density at radius 2 is 2.23 bits per heavy atom. The van der Waals surface area contributed by atoms with E-state index in [1.54, 1.807) is 0 Å². The summed E-state index contributed by atoms with van der Waals surface area (Å²) in [6.45, 7) is 3.50. The molecular weight excluding hydrogens is 272 g/mol. The van der Waals surface area contributed by atoms with Crippen molar-refractivity contribution in [2.45, 2.75) is 50.7 Å². The van der Waals surface area contributed by atoms with Crippen LogP contribution in [0, 0.1) is 0 Å². The summed E-state index contributed by atoms with van der Waals surface area (Å²) in [4.78, 5) is 3.44. The monoisotopic (exact) mass is 296 g/mol. The van der Waals surface area contributed by atoms with Crippen molar-refractivity contribution in [3.8, 4) is 0 Å². The van der Waals surface area contributed by atoms with E-state index in [9.17, 15) is 0 Å². The first-order valence-corrected chi connectivity index (χ1v) is 8.48. The van der Waals surface area contributed by atoms with Crippen LogP contribution in [0.4, 0.5) is 0 Å². The van der Waals surface area contributed by atoms with Gasteiger partial charge in [-0.1, -0.05) is 13.0 Å². The van der Waals surface area contributed by atoms with Gasteiger partial charge >= 0.3 is 0 Å². The molecule has 3 heteroatoms. The molecule has 0 radical (unpaired) electrons. The fourth-order valence-electron chi connectivity index (χ4n) is 3.87. The Hall–Kier alpha value is -1.74. The third-order valence-corrected chi connectivity index (χ3v) is 5.24. The van der Waals surface area contributed by atoms with Crippen LogP contribution in [0.2, 0.25) is 0 Å². The van der Waals surface area contributed by atoms with Crippen molar-refractivity contribution < 1.29 is 4.74 Å². The van der Waals surface area contributed by atoms with E-state index in [1.807, 2.05) is 6.26 Å². The highest BCUT2D eigenvalue weighted by Gasteiger charge is 2.24. The zero-order valence-corrected chi connectivity index (χ0v) is 13.1. The molecule has 0 bridgehead atoms. The zero-order valence-electron chi connectivity index (χ0n) is 13.1. The SMILES string of the molecule is CC(c1c[nH]c2ccc(C3CCC=CO3)cc12)C1CCCN1. The van der Waals surface area contributed by atoms with Gasteiger partial charge in [0.1, 0.15) is 6.10 Å². The molecule has 0 amide bonds. The summed E-state index contributed by atoms with van der Waals surface area (Å²) in [6, 6.07) is 7.34. The number of hydrogen-bond donors (Lipinski definition) is 2. The minimum Gasteiger partial charge on any atom is -0.494 e. The van der Waals surface area contributed by atoms with Crippen LogP contribution in [0.15, 0.2) is 36.7 Å². The summed E-state index contributed by atoms with van der Waals surface area (Å²) in [5.41, 5.74) is 3.96. The summed E-state index contributed by atoms with van der Waals surface area (Å²) >= 11 is 0. The van der Waals surface area contributed by atoms with Crippen molar-refractivity contribution in [3.63, 3.8) is 0 Å². The number of aromatic amines is 1. The number of hydrogen-bond acceptors (Lipinski definition) is 2.